The lowest BCUT2D eigenvalue weighted by Crippen LogP contribution is -2.08. The predicted molar refractivity (Wildman–Crippen MR) is 40.5 cm³/mol. The van der Waals surface area contributed by atoms with Crippen molar-refractivity contribution in [2.24, 2.45) is 0 Å². The summed E-state index contributed by atoms with van der Waals surface area (Å²) in [5.41, 5.74) is 0.131. The van der Waals surface area contributed by atoms with Crippen molar-refractivity contribution in [1.29, 1.82) is 0 Å². The standard InChI is InChI=1S/C7H7ClO3/c8-3-5-6(10)1-2-11-7(5)4-9/h1-2,9H,3-4H2. The minimum Gasteiger partial charge on any atom is -0.466 e. The van der Waals surface area contributed by atoms with Crippen LogP contribution in [0.2, 0.25) is 0 Å². The molecule has 0 amide bonds. The molecule has 0 bridgehead atoms. The van der Waals surface area contributed by atoms with E-state index in [0.29, 0.717) is 5.56 Å². The molecule has 0 aliphatic carbocycles. The highest BCUT2D eigenvalue weighted by Crippen LogP contribution is 2.05. The Balaban J connectivity index is 3.24. The molecule has 60 valence electrons. The molecule has 0 atom stereocenters. The van der Waals surface area contributed by atoms with Gasteiger partial charge in [-0.2, -0.15) is 0 Å². The van der Waals surface area contributed by atoms with Crippen LogP contribution in [0.4, 0.5) is 0 Å². The van der Waals surface area contributed by atoms with Crippen molar-refractivity contribution in [3.63, 3.8) is 0 Å². The SMILES string of the molecule is O=c1ccoc(CO)c1CCl. The summed E-state index contributed by atoms with van der Waals surface area (Å²) >= 11 is 5.44. The first-order valence-corrected chi connectivity index (χ1v) is 3.59. The second-order valence-electron chi connectivity index (χ2n) is 1.98. The van der Waals surface area contributed by atoms with Crippen LogP contribution in [0, 0.1) is 0 Å². The predicted octanol–water partition coefficient (Wildman–Crippen LogP) is 0.871. The van der Waals surface area contributed by atoms with Gasteiger partial charge in [-0.05, 0) is 0 Å². The third-order valence-electron chi connectivity index (χ3n) is 1.34. The summed E-state index contributed by atoms with van der Waals surface area (Å²) in [4.78, 5) is 11.0. The molecule has 1 rings (SSSR count). The van der Waals surface area contributed by atoms with Crippen LogP contribution in [0.15, 0.2) is 21.5 Å². The molecule has 1 aromatic heterocycles. The van der Waals surface area contributed by atoms with Crippen LogP contribution in [-0.2, 0) is 12.5 Å². The third kappa shape index (κ3) is 1.61. The van der Waals surface area contributed by atoms with Crippen LogP contribution >= 0.6 is 11.6 Å². The van der Waals surface area contributed by atoms with Gasteiger partial charge in [0, 0.05) is 6.07 Å². The Hall–Kier alpha value is -0.800. The molecule has 0 aromatic carbocycles. The number of aliphatic hydroxyl groups excluding tert-OH is 1. The number of alkyl halides is 1. The Bertz CT molecular complexity index is 292. The van der Waals surface area contributed by atoms with Crippen LogP contribution in [0.5, 0.6) is 0 Å². The van der Waals surface area contributed by atoms with Crippen molar-refractivity contribution < 1.29 is 9.52 Å². The molecular formula is C7H7ClO3. The highest BCUT2D eigenvalue weighted by molar-refractivity contribution is 6.17. The fourth-order valence-corrected chi connectivity index (χ4v) is 1.04. The summed E-state index contributed by atoms with van der Waals surface area (Å²) in [6.45, 7) is -0.294. The van der Waals surface area contributed by atoms with E-state index < -0.39 is 0 Å². The van der Waals surface area contributed by atoms with E-state index in [1.54, 1.807) is 0 Å². The highest BCUT2D eigenvalue weighted by Gasteiger charge is 2.05. The van der Waals surface area contributed by atoms with Crippen molar-refractivity contribution in [2.75, 3.05) is 0 Å². The second-order valence-corrected chi connectivity index (χ2v) is 2.25. The van der Waals surface area contributed by atoms with Gasteiger partial charge in [0.25, 0.3) is 0 Å². The summed E-state index contributed by atoms with van der Waals surface area (Å²) in [6.07, 6.45) is 1.24. The average molecular weight is 175 g/mol. The molecule has 0 saturated carbocycles. The number of hydrogen-bond acceptors (Lipinski definition) is 3. The van der Waals surface area contributed by atoms with Gasteiger partial charge in [0.1, 0.15) is 12.4 Å². The summed E-state index contributed by atoms with van der Waals surface area (Å²) in [7, 11) is 0. The van der Waals surface area contributed by atoms with Crippen LogP contribution in [0.1, 0.15) is 11.3 Å². The lowest BCUT2D eigenvalue weighted by atomic mass is 10.2. The monoisotopic (exact) mass is 174 g/mol. The van der Waals surface area contributed by atoms with Gasteiger partial charge in [-0.15, -0.1) is 11.6 Å². The molecule has 0 aliphatic heterocycles. The van der Waals surface area contributed by atoms with Gasteiger partial charge in [0.15, 0.2) is 5.43 Å². The zero-order chi connectivity index (χ0) is 8.27. The molecule has 1 aromatic rings. The molecule has 11 heavy (non-hydrogen) atoms. The fraction of sp³-hybridized carbons (Fsp3) is 0.286. The van der Waals surface area contributed by atoms with E-state index in [2.05, 4.69) is 0 Å². The quantitative estimate of drug-likeness (QED) is 0.677. The van der Waals surface area contributed by atoms with Gasteiger partial charge < -0.3 is 9.52 Å². The van der Waals surface area contributed by atoms with Gasteiger partial charge >= 0.3 is 0 Å². The topological polar surface area (TPSA) is 50.4 Å². The van der Waals surface area contributed by atoms with Gasteiger partial charge in [-0.25, -0.2) is 0 Å². The minimum absolute atomic E-state index is 0.0685. The molecule has 0 spiro atoms. The van der Waals surface area contributed by atoms with E-state index in [4.69, 9.17) is 21.1 Å². The Morgan fingerprint density at radius 2 is 2.36 bits per heavy atom. The van der Waals surface area contributed by atoms with E-state index in [0.717, 1.165) is 0 Å². The largest absolute Gasteiger partial charge is 0.466 e. The minimum atomic E-state index is -0.294. The van der Waals surface area contributed by atoms with Crippen molar-refractivity contribution in [3.8, 4) is 0 Å². The highest BCUT2D eigenvalue weighted by atomic mass is 35.5. The normalized spacial score (nSPS) is 10.0. The first kappa shape index (κ1) is 8.30. The first-order valence-electron chi connectivity index (χ1n) is 3.06. The smallest absolute Gasteiger partial charge is 0.189 e. The second kappa shape index (κ2) is 3.55. The van der Waals surface area contributed by atoms with Crippen LogP contribution in [0.3, 0.4) is 0 Å². The molecule has 0 saturated heterocycles. The maximum Gasteiger partial charge on any atom is 0.189 e. The molecule has 0 radical (unpaired) electrons. The zero-order valence-corrected chi connectivity index (χ0v) is 6.47. The van der Waals surface area contributed by atoms with E-state index in [1.165, 1.54) is 12.3 Å². The Morgan fingerprint density at radius 1 is 1.64 bits per heavy atom. The van der Waals surface area contributed by atoms with Crippen molar-refractivity contribution in [3.05, 3.63) is 33.9 Å². The summed E-state index contributed by atoms with van der Waals surface area (Å²) < 4.78 is 4.84. The van der Waals surface area contributed by atoms with E-state index in [-0.39, 0.29) is 23.7 Å². The molecule has 1 heterocycles. The molecule has 0 aliphatic rings. The average Bonchev–Trinajstić information content (AvgIpc) is 2.04. The summed E-state index contributed by atoms with van der Waals surface area (Å²) in [6, 6.07) is 1.27. The molecular weight excluding hydrogens is 168 g/mol. The van der Waals surface area contributed by atoms with Crippen LogP contribution < -0.4 is 5.43 Å². The van der Waals surface area contributed by atoms with Crippen molar-refractivity contribution in [1.82, 2.24) is 0 Å². The maximum atomic E-state index is 11.0. The van der Waals surface area contributed by atoms with Gasteiger partial charge in [0.05, 0.1) is 17.7 Å². The van der Waals surface area contributed by atoms with Gasteiger partial charge in [-0.1, -0.05) is 0 Å². The first-order chi connectivity index (χ1) is 5.29. The molecule has 3 nitrogen and oxygen atoms in total. The van der Waals surface area contributed by atoms with E-state index >= 15 is 0 Å². The number of halogens is 1. The van der Waals surface area contributed by atoms with Crippen molar-refractivity contribution in [2.45, 2.75) is 12.5 Å². The summed E-state index contributed by atoms with van der Waals surface area (Å²) in [5.74, 6) is 0.312. The lowest BCUT2D eigenvalue weighted by molar-refractivity contribution is 0.242. The number of hydrogen-bond donors (Lipinski definition) is 1. The Kier molecular flexibility index (Phi) is 2.68. The zero-order valence-electron chi connectivity index (χ0n) is 5.71. The van der Waals surface area contributed by atoms with E-state index in [9.17, 15) is 4.79 Å². The fourth-order valence-electron chi connectivity index (χ4n) is 0.760. The third-order valence-corrected chi connectivity index (χ3v) is 1.61. The van der Waals surface area contributed by atoms with Gasteiger partial charge in [0.2, 0.25) is 0 Å². The number of aliphatic hydroxyl groups is 1. The van der Waals surface area contributed by atoms with Crippen LogP contribution in [-0.4, -0.2) is 5.11 Å². The maximum absolute atomic E-state index is 11.0. The number of rotatable bonds is 2. The Labute approximate surface area is 68.2 Å². The summed E-state index contributed by atoms with van der Waals surface area (Å²) in [5, 5.41) is 8.68. The van der Waals surface area contributed by atoms with Gasteiger partial charge in [-0.3, -0.25) is 4.79 Å². The molecule has 1 N–H and O–H groups in total. The van der Waals surface area contributed by atoms with E-state index in [1.807, 2.05) is 0 Å². The van der Waals surface area contributed by atoms with Crippen LogP contribution in [0.25, 0.3) is 0 Å². The molecule has 0 fully saturated rings. The van der Waals surface area contributed by atoms with Crippen molar-refractivity contribution >= 4 is 11.6 Å². The molecule has 0 unspecified atom stereocenters. The Morgan fingerprint density at radius 3 is 2.82 bits per heavy atom. The molecule has 4 heteroatoms. The lowest BCUT2D eigenvalue weighted by Gasteiger charge is -1.98.